The van der Waals surface area contributed by atoms with Gasteiger partial charge < -0.3 is 4.74 Å². The van der Waals surface area contributed by atoms with Gasteiger partial charge in [-0.15, -0.1) is 0 Å². The lowest BCUT2D eigenvalue weighted by atomic mass is 10.2. The van der Waals surface area contributed by atoms with Crippen LogP contribution in [0.15, 0.2) is 24.3 Å². The highest BCUT2D eigenvalue weighted by Crippen LogP contribution is 2.03. The van der Waals surface area contributed by atoms with E-state index in [-0.39, 0.29) is 5.56 Å². The standard InChI is InChI=1S/C8H7FO2/c1-11-8(10)6-3-2-4-7(9)5-6/h2-5H,1H3. The van der Waals surface area contributed by atoms with Crippen LogP contribution in [0.5, 0.6) is 0 Å². The minimum absolute atomic E-state index is 0.229. The summed E-state index contributed by atoms with van der Waals surface area (Å²) in [7, 11) is 1.26. The summed E-state index contributed by atoms with van der Waals surface area (Å²) >= 11 is 0. The van der Waals surface area contributed by atoms with E-state index < -0.39 is 11.8 Å². The van der Waals surface area contributed by atoms with Crippen LogP contribution in [0.2, 0.25) is 0 Å². The second-order valence-corrected chi connectivity index (χ2v) is 2.00. The van der Waals surface area contributed by atoms with Gasteiger partial charge in [-0.1, -0.05) is 6.07 Å². The van der Waals surface area contributed by atoms with E-state index in [0.717, 1.165) is 6.07 Å². The zero-order valence-electron chi connectivity index (χ0n) is 6.00. The molecule has 3 heteroatoms. The molecular formula is C8H7FO2. The fourth-order valence-corrected chi connectivity index (χ4v) is 0.733. The first kappa shape index (κ1) is 7.72. The van der Waals surface area contributed by atoms with E-state index in [4.69, 9.17) is 0 Å². The molecular weight excluding hydrogens is 147 g/mol. The summed E-state index contributed by atoms with van der Waals surface area (Å²) in [4.78, 5) is 10.8. The molecule has 0 heterocycles. The van der Waals surface area contributed by atoms with Crippen LogP contribution in [0.25, 0.3) is 0 Å². The summed E-state index contributed by atoms with van der Waals surface area (Å²) in [5.41, 5.74) is 0.229. The number of rotatable bonds is 1. The van der Waals surface area contributed by atoms with Gasteiger partial charge in [0.05, 0.1) is 12.7 Å². The van der Waals surface area contributed by atoms with Crippen molar-refractivity contribution < 1.29 is 13.9 Å². The Morgan fingerprint density at radius 1 is 1.55 bits per heavy atom. The molecule has 0 saturated carbocycles. The molecule has 1 aromatic rings. The van der Waals surface area contributed by atoms with Crippen LogP contribution in [-0.2, 0) is 4.74 Å². The van der Waals surface area contributed by atoms with E-state index in [9.17, 15) is 9.18 Å². The van der Waals surface area contributed by atoms with Crippen molar-refractivity contribution in [1.29, 1.82) is 0 Å². The number of hydrogen-bond acceptors (Lipinski definition) is 2. The molecule has 0 amide bonds. The Morgan fingerprint density at radius 3 is 2.82 bits per heavy atom. The first-order valence-electron chi connectivity index (χ1n) is 3.08. The van der Waals surface area contributed by atoms with Gasteiger partial charge in [-0.05, 0) is 18.2 Å². The quantitative estimate of drug-likeness (QED) is 0.574. The maximum atomic E-state index is 12.5. The molecule has 0 N–H and O–H groups in total. The second kappa shape index (κ2) is 3.14. The van der Waals surface area contributed by atoms with E-state index in [1.54, 1.807) is 0 Å². The highest BCUT2D eigenvalue weighted by atomic mass is 19.1. The maximum absolute atomic E-state index is 12.5. The molecule has 0 fully saturated rings. The van der Waals surface area contributed by atoms with Crippen LogP contribution in [0, 0.1) is 5.82 Å². The van der Waals surface area contributed by atoms with E-state index in [2.05, 4.69) is 4.74 Å². The minimum Gasteiger partial charge on any atom is -0.465 e. The Hall–Kier alpha value is -1.38. The third-order valence-corrected chi connectivity index (χ3v) is 1.25. The van der Waals surface area contributed by atoms with E-state index >= 15 is 0 Å². The van der Waals surface area contributed by atoms with Crippen LogP contribution < -0.4 is 0 Å². The molecule has 58 valence electrons. The lowest BCUT2D eigenvalue weighted by Gasteiger charge is -1.96. The molecule has 1 aromatic carbocycles. The SMILES string of the molecule is COC(=O)c1cccc(F)c1. The number of carbonyl (C=O) groups excluding carboxylic acids is 1. The summed E-state index contributed by atoms with van der Waals surface area (Å²) in [6, 6.07) is 5.36. The largest absolute Gasteiger partial charge is 0.465 e. The molecule has 1 rings (SSSR count). The fraction of sp³-hybridized carbons (Fsp3) is 0.125. The summed E-state index contributed by atoms with van der Waals surface area (Å²) in [5, 5.41) is 0. The zero-order valence-corrected chi connectivity index (χ0v) is 6.00. The van der Waals surface area contributed by atoms with Crippen LogP contribution in [-0.4, -0.2) is 13.1 Å². The Morgan fingerprint density at radius 2 is 2.27 bits per heavy atom. The van der Waals surface area contributed by atoms with Gasteiger partial charge in [0.1, 0.15) is 5.82 Å². The maximum Gasteiger partial charge on any atom is 0.337 e. The molecule has 2 nitrogen and oxygen atoms in total. The van der Waals surface area contributed by atoms with E-state index in [1.165, 1.54) is 25.3 Å². The van der Waals surface area contributed by atoms with Crippen molar-refractivity contribution in [3.8, 4) is 0 Å². The number of methoxy groups -OCH3 is 1. The molecule has 0 aliphatic heterocycles. The third-order valence-electron chi connectivity index (χ3n) is 1.25. The molecule has 0 aromatic heterocycles. The number of carbonyl (C=O) groups is 1. The average Bonchev–Trinajstić information content (AvgIpc) is 2.03. The molecule has 0 spiro atoms. The topological polar surface area (TPSA) is 26.3 Å². The lowest BCUT2D eigenvalue weighted by molar-refractivity contribution is 0.0600. The summed E-state index contributed by atoms with van der Waals surface area (Å²) < 4.78 is 16.8. The van der Waals surface area contributed by atoms with Crippen LogP contribution in [0.4, 0.5) is 4.39 Å². The second-order valence-electron chi connectivity index (χ2n) is 2.00. The van der Waals surface area contributed by atoms with Crippen molar-refractivity contribution in [3.63, 3.8) is 0 Å². The van der Waals surface area contributed by atoms with E-state index in [1.807, 2.05) is 0 Å². The first-order chi connectivity index (χ1) is 5.24. The van der Waals surface area contributed by atoms with Gasteiger partial charge in [0.15, 0.2) is 0 Å². The Kier molecular flexibility index (Phi) is 2.21. The Bertz CT molecular complexity index is 271. The Balaban J connectivity index is 2.96. The zero-order chi connectivity index (χ0) is 8.27. The fourth-order valence-electron chi connectivity index (χ4n) is 0.733. The van der Waals surface area contributed by atoms with Crippen molar-refractivity contribution in [2.24, 2.45) is 0 Å². The van der Waals surface area contributed by atoms with Gasteiger partial charge in [0.25, 0.3) is 0 Å². The number of esters is 1. The first-order valence-corrected chi connectivity index (χ1v) is 3.08. The molecule has 11 heavy (non-hydrogen) atoms. The summed E-state index contributed by atoms with van der Waals surface area (Å²) in [5.74, 6) is -0.961. The van der Waals surface area contributed by atoms with Crippen LogP contribution in [0.1, 0.15) is 10.4 Å². The molecule has 0 unspecified atom stereocenters. The monoisotopic (exact) mass is 154 g/mol. The number of hydrogen-bond donors (Lipinski definition) is 0. The van der Waals surface area contributed by atoms with Gasteiger partial charge >= 0.3 is 5.97 Å². The summed E-state index contributed by atoms with van der Waals surface area (Å²) in [6.45, 7) is 0. The van der Waals surface area contributed by atoms with Crippen molar-refractivity contribution in [3.05, 3.63) is 35.6 Å². The number of ether oxygens (including phenoxy) is 1. The van der Waals surface area contributed by atoms with Gasteiger partial charge in [-0.25, -0.2) is 9.18 Å². The molecule has 0 radical (unpaired) electrons. The van der Waals surface area contributed by atoms with Gasteiger partial charge in [-0.2, -0.15) is 0 Å². The molecule has 0 bridgehead atoms. The van der Waals surface area contributed by atoms with E-state index in [0.29, 0.717) is 0 Å². The molecule has 0 saturated heterocycles. The average molecular weight is 154 g/mol. The highest BCUT2D eigenvalue weighted by molar-refractivity contribution is 5.89. The smallest absolute Gasteiger partial charge is 0.337 e. The van der Waals surface area contributed by atoms with Crippen LogP contribution >= 0.6 is 0 Å². The predicted molar refractivity (Wildman–Crippen MR) is 37.7 cm³/mol. The van der Waals surface area contributed by atoms with Crippen LogP contribution in [0.3, 0.4) is 0 Å². The number of halogens is 1. The molecule has 0 atom stereocenters. The molecule has 0 aliphatic carbocycles. The number of benzene rings is 1. The van der Waals surface area contributed by atoms with Crippen molar-refractivity contribution in [2.45, 2.75) is 0 Å². The lowest BCUT2D eigenvalue weighted by Crippen LogP contribution is -2.00. The van der Waals surface area contributed by atoms with Gasteiger partial charge in [-0.3, -0.25) is 0 Å². The Labute approximate surface area is 63.6 Å². The van der Waals surface area contributed by atoms with Gasteiger partial charge in [0.2, 0.25) is 0 Å². The highest BCUT2D eigenvalue weighted by Gasteiger charge is 2.04. The minimum atomic E-state index is -0.524. The molecule has 0 aliphatic rings. The van der Waals surface area contributed by atoms with Crippen molar-refractivity contribution >= 4 is 5.97 Å². The normalized spacial score (nSPS) is 9.27. The third kappa shape index (κ3) is 1.77. The van der Waals surface area contributed by atoms with Crippen molar-refractivity contribution in [1.82, 2.24) is 0 Å². The van der Waals surface area contributed by atoms with Crippen molar-refractivity contribution in [2.75, 3.05) is 7.11 Å². The summed E-state index contributed by atoms with van der Waals surface area (Å²) in [6.07, 6.45) is 0. The predicted octanol–water partition coefficient (Wildman–Crippen LogP) is 1.61. The van der Waals surface area contributed by atoms with Gasteiger partial charge in [0, 0.05) is 0 Å².